The highest BCUT2D eigenvalue weighted by Crippen LogP contribution is 2.43. The number of amides is 1. The molecule has 0 radical (unpaired) electrons. The Kier molecular flexibility index (Phi) is 10.0. The molecule has 0 saturated carbocycles. The first-order valence-corrected chi connectivity index (χ1v) is 20.5. The van der Waals surface area contributed by atoms with Gasteiger partial charge in [0, 0.05) is 72.5 Å². The lowest BCUT2D eigenvalue weighted by Gasteiger charge is -2.39. The number of aryl methyl sites for hydroxylation is 2. The van der Waals surface area contributed by atoms with Gasteiger partial charge in [-0.15, -0.1) is 5.10 Å². The van der Waals surface area contributed by atoms with E-state index in [-0.39, 0.29) is 28.0 Å². The highest BCUT2D eigenvalue weighted by molar-refractivity contribution is 7.89. The van der Waals surface area contributed by atoms with Crippen LogP contribution in [0.5, 0.6) is 11.5 Å². The maximum absolute atomic E-state index is 15.4. The number of halogens is 3. The van der Waals surface area contributed by atoms with Crippen molar-refractivity contribution in [3.63, 3.8) is 0 Å². The van der Waals surface area contributed by atoms with Crippen LogP contribution in [0.3, 0.4) is 0 Å². The van der Waals surface area contributed by atoms with Gasteiger partial charge < -0.3 is 14.6 Å². The van der Waals surface area contributed by atoms with Crippen LogP contribution in [0.15, 0.2) is 77.6 Å². The normalized spacial score (nSPS) is 16.4. The highest BCUT2D eigenvalue weighted by atomic mass is 35.5. The van der Waals surface area contributed by atoms with Crippen molar-refractivity contribution in [2.45, 2.75) is 52.1 Å². The summed E-state index contributed by atoms with van der Waals surface area (Å²) in [6.07, 6.45) is 4.58. The number of nitrogens with one attached hydrogen (secondary N) is 2. The first-order valence-electron chi connectivity index (χ1n) is 18.6. The van der Waals surface area contributed by atoms with Crippen LogP contribution in [0.4, 0.5) is 14.5 Å². The van der Waals surface area contributed by atoms with Gasteiger partial charge in [0.15, 0.2) is 11.6 Å². The van der Waals surface area contributed by atoms with Crippen molar-refractivity contribution < 1.29 is 26.7 Å². The molecule has 1 fully saturated rings. The molecule has 0 unspecified atom stereocenters. The van der Waals surface area contributed by atoms with E-state index in [0.717, 1.165) is 38.9 Å². The fraction of sp³-hybridized carbons (Fsp3) is 0.317. The summed E-state index contributed by atoms with van der Waals surface area (Å²) in [7, 11) is -4.61. The van der Waals surface area contributed by atoms with Crippen LogP contribution in [0.1, 0.15) is 60.4 Å². The number of carbonyl (C=O) groups is 1. The van der Waals surface area contributed by atoms with E-state index in [0.29, 0.717) is 40.6 Å². The third-order valence-electron chi connectivity index (χ3n) is 10.7. The largest absolute Gasteiger partial charge is 0.453 e. The van der Waals surface area contributed by atoms with Crippen molar-refractivity contribution in [1.82, 2.24) is 34.2 Å². The van der Waals surface area contributed by atoms with Crippen molar-refractivity contribution in [2.75, 3.05) is 37.6 Å². The first kappa shape index (κ1) is 38.5. The average molecular weight is 815 g/mol. The number of ether oxygens (including phenoxy) is 1. The van der Waals surface area contributed by atoms with Gasteiger partial charge in [-0.2, -0.15) is 17.8 Å². The number of nitrogens with zero attached hydrogens (tertiary/aromatic N) is 6. The first-order chi connectivity index (χ1) is 27.1. The monoisotopic (exact) mass is 814 g/mol. The number of benzene rings is 3. The van der Waals surface area contributed by atoms with Crippen LogP contribution < -0.4 is 14.4 Å². The molecule has 3 aromatic carbocycles. The summed E-state index contributed by atoms with van der Waals surface area (Å²) < 4.78 is 66.6. The lowest BCUT2D eigenvalue weighted by Crippen LogP contribution is -2.47. The van der Waals surface area contributed by atoms with Crippen molar-refractivity contribution in [2.24, 2.45) is 5.41 Å². The molecule has 2 aliphatic rings. The number of aromatic nitrogens is 5. The Morgan fingerprint density at radius 2 is 1.72 bits per heavy atom. The standard InChI is InChI=1S/C41H41ClF2N8O4S/c1-24-19-25(2)52-39(46-24)47-40(48-52)57(54,55)49-38(53)31-10-9-30(21-33(31)56-34-20-27-12-14-45-37(27)36(44)35(34)43)51-17-15-50(16-18-51)23-28-11-13-41(3,4)22-32(28)26-5-7-29(42)8-6-26/h5-10,12,14,19-21,45H,11,13,15-18,22-23H2,1-4H3,(H,49,53). The minimum atomic E-state index is -4.61. The predicted octanol–water partition coefficient (Wildman–Crippen LogP) is 7.85. The Hall–Kier alpha value is -5.38. The number of aromatic amines is 1. The third-order valence-corrected chi connectivity index (χ3v) is 12.1. The number of anilines is 1. The Morgan fingerprint density at radius 1 is 0.965 bits per heavy atom. The second kappa shape index (κ2) is 14.8. The summed E-state index contributed by atoms with van der Waals surface area (Å²) in [5.41, 5.74) is 5.81. The summed E-state index contributed by atoms with van der Waals surface area (Å²) in [6, 6.07) is 17.3. The summed E-state index contributed by atoms with van der Waals surface area (Å²) in [5.74, 6) is -4.10. The summed E-state index contributed by atoms with van der Waals surface area (Å²) in [6.45, 7) is 11.7. The van der Waals surface area contributed by atoms with E-state index in [1.807, 2.05) is 16.9 Å². The molecule has 6 aromatic rings. The van der Waals surface area contributed by atoms with E-state index >= 15 is 8.78 Å². The number of allylic oxidation sites excluding steroid dienone is 1. The molecule has 1 amide bonds. The molecule has 4 heterocycles. The second-order valence-electron chi connectivity index (χ2n) is 15.5. The number of sulfonamides is 1. The van der Waals surface area contributed by atoms with Gasteiger partial charge in [-0.1, -0.05) is 43.2 Å². The van der Waals surface area contributed by atoms with Gasteiger partial charge in [-0.25, -0.2) is 18.6 Å². The molecule has 1 aliphatic heterocycles. The van der Waals surface area contributed by atoms with Gasteiger partial charge in [-0.3, -0.25) is 9.69 Å². The van der Waals surface area contributed by atoms with Crippen molar-refractivity contribution in [3.05, 3.63) is 112 Å². The summed E-state index contributed by atoms with van der Waals surface area (Å²) in [5, 5.41) is 4.45. The van der Waals surface area contributed by atoms with E-state index in [1.54, 1.807) is 38.1 Å². The zero-order valence-electron chi connectivity index (χ0n) is 31.9. The molecule has 1 saturated heterocycles. The molecule has 2 N–H and O–H groups in total. The topological polar surface area (TPSA) is 138 Å². The Labute approximate surface area is 333 Å². The number of piperazine rings is 1. The van der Waals surface area contributed by atoms with Crippen LogP contribution in [-0.2, 0) is 10.0 Å². The number of carbonyl (C=O) groups excluding carboxylic acids is 1. The molecule has 12 nitrogen and oxygen atoms in total. The number of fused-ring (bicyclic) bond motifs is 2. The molecule has 0 bridgehead atoms. The van der Waals surface area contributed by atoms with Crippen LogP contribution in [0.2, 0.25) is 5.02 Å². The highest BCUT2D eigenvalue weighted by Gasteiger charge is 2.31. The summed E-state index contributed by atoms with van der Waals surface area (Å²) in [4.78, 5) is 29.2. The summed E-state index contributed by atoms with van der Waals surface area (Å²) >= 11 is 6.22. The third kappa shape index (κ3) is 7.83. The molecule has 296 valence electrons. The Balaban J connectivity index is 1.06. The van der Waals surface area contributed by atoms with Crippen LogP contribution >= 0.6 is 11.6 Å². The number of hydrogen-bond acceptors (Lipinski definition) is 9. The van der Waals surface area contributed by atoms with Gasteiger partial charge >= 0.3 is 10.0 Å². The predicted molar refractivity (Wildman–Crippen MR) is 214 cm³/mol. The minimum Gasteiger partial charge on any atom is -0.453 e. The van der Waals surface area contributed by atoms with E-state index in [1.165, 1.54) is 39.6 Å². The molecular formula is C41H41ClF2N8O4S. The van der Waals surface area contributed by atoms with Gasteiger partial charge in [-0.05, 0) is 92.1 Å². The fourth-order valence-corrected chi connectivity index (χ4v) is 8.63. The zero-order valence-corrected chi connectivity index (χ0v) is 33.4. The average Bonchev–Trinajstić information content (AvgIpc) is 3.83. The maximum atomic E-state index is 15.4. The molecule has 8 rings (SSSR count). The smallest absolute Gasteiger partial charge is 0.301 e. The molecule has 0 spiro atoms. The van der Waals surface area contributed by atoms with E-state index in [9.17, 15) is 13.2 Å². The van der Waals surface area contributed by atoms with Crippen LogP contribution in [0, 0.1) is 30.9 Å². The number of hydrogen-bond donors (Lipinski definition) is 2. The fourth-order valence-electron chi connectivity index (χ4n) is 7.67. The van der Waals surface area contributed by atoms with E-state index in [2.05, 4.69) is 55.8 Å². The van der Waals surface area contributed by atoms with Crippen molar-refractivity contribution in [3.8, 4) is 11.5 Å². The second-order valence-corrected chi connectivity index (χ2v) is 17.5. The SMILES string of the molecule is Cc1cc(C)n2nc(S(=O)(=O)NC(=O)c3ccc(N4CCN(CC5=C(c6ccc(Cl)cc6)CC(C)(C)CC5)CC4)cc3Oc3cc4cc[nH]c4c(F)c3F)nc2n1. The number of rotatable bonds is 9. The molecule has 16 heteroatoms. The van der Waals surface area contributed by atoms with E-state index in [4.69, 9.17) is 16.3 Å². The lowest BCUT2D eigenvalue weighted by atomic mass is 9.72. The quantitative estimate of drug-likeness (QED) is 0.150. The van der Waals surface area contributed by atoms with Gasteiger partial charge in [0.2, 0.25) is 5.82 Å². The molecule has 1 aliphatic carbocycles. The lowest BCUT2D eigenvalue weighted by molar-refractivity contribution is 0.0979. The molecular weight excluding hydrogens is 774 g/mol. The molecule has 0 atom stereocenters. The van der Waals surface area contributed by atoms with Crippen LogP contribution in [-0.4, -0.2) is 76.5 Å². The van der Waals surface area contributed by atoms with Gasteiger partial charge in [0.25, 0.3) is 16.8 Å². The van der Waals surface area contributed by atoms with Crippen molar-refractivity contribution >= 4 is 55.5 Å². The zero-order chi connectivity index (χ0) is 40.2. The van der Waals surface area contributed by atoms with E-state index < -0.39 is 38.5 Å². The van der Waals surface area contributed by atoms with Gasteiger partial charge in [0.05, 0.1) is 11.1 Å². The Morgan fingerprint density at radius 3 is 2.47 bits per heavy atom. The molecule has 3 aromatic heterocycles. The van der Waals surface area contributed by atoms with Crippen molar-refractivity contribution in [1.29, 1.82) is 0 Å². The van der Waals surface area contributed by atoms with Crippen LogP contribution in [0.25, 0.3) is 22.3 Å². The van der Waals surface area contributed by atoms with Gasteiger partial charge in [0.1, 0.15) is 5.75 Å². The molecule has 57 heavy (non-hydrogen) atoms. The Bertz CT molecular complexity index is 2690. The minimum absolute atomic E-state index is 0.0385. The number of H-pyrrole nitrogens is 1. The maximum Gasteiger partial charge on any atom is 0.301 e.